The summed E-state index contributed by atoms with van der Waals surface area (Å²) >= 11 is 3.17. The predicted octanol–water partition coefficient (Wildman–Crippen LogP) is 2.55. The molecule has 0 amide bonds. The molecule has 0 aliphatic rings. The summed E-state index contributed by atoms with van der Waals surface area (Å²) in [7, 11) is 0. The first kappa shape index (κ1) is 14.9. The van der Waals surface area contributed by atoms with Gasteiger partial charge in [0.15, 0.2) is 0 Å². The summed E-state index contributed by atoms with van der Waals surface area (Å²) in [6, 6.07) is 4.96. The van der Waals surface area contributed by atoms with Crippen LogP contribution in [0.15, 0.2) is 27.8 Å². The van der Waals surface area contributed by atoms with E-state index in [-0.39, 0.29) is 11.7 Å². The van der Waals surface area contributed by atoms with Gasteiger partial charge in [0.05, 0.1) is 4.47 Å². The number of benzene rings is 1. The molecule has 1 aromatic rings. The lowest BCUT2D eigenvalue weighted by Crippen LogP contribution is -2.27. The van der Waals surface area contributed by atoms with E-state index in [1.54, 1.807) is 12.1 Å². The normalized spacial score (nSPS) is 12.1. The number of amidine groups is 1. The van der Waals surface area contributed by atoms with Gasteiger partial charge in [-0.2, -0.15) is 0 Å². The molecule has 0 atom stereocenters. The monoisotopic (exact) mass is 317 g/mol. The molecule has 0 aliphatic heterocycles. The Morgan fingerprint density at radius 2 is 2.28 bits per heavy atom. The Labute approximate surface area is 114 Å². The van der Waals surface area contributed by atoms with Crippen LogP contribution in [0.25, 0.3) is 0 Å². The molecule has 3 N–H and O–H groups in total. The predicted molar refractivity (Wildman–Crippen MR) is 73.1 cm³/mol. The molecule has 0 bridgehead atoms. The molecule has 0 aliphatic carbocycles. The Hall–Kier alpha value is -1.14. The van der Waals surface area contributed by atoms with Gasteiger partial charge in [0.1, 0.15) is 11.7 Å². The summed E-state index contributed by atoms with van der Waals surface area (Å²) in [4.78, 5) is 2.14. The van der Waals surface area contributed by atoms with Gasteiger partial charge in [0.25, 0.3) is 0 Å². The Bertz CT molecular complexity index is 426. The SMILES string of the molecule is CCN(CC/C(N)=N/O)Cc1ccc(F)c(Br)c1. The topological polar surface area (TPSA) is 61.8 Å². The molecule has 0 spiro atoms. The van der Waals surface area contributed by atoms with Crippen LogP contribution >= 0.6 is 15.9 Å². The third-order valence-corrected chi connectivity index (χ3v) is 3.26. The van der Waals surface area contributed by atoms with Crippen LogP contribution in [-0.2, 0) is 6.54 Å². The van der Waals surface area contributed by atoms with Gasteiger partial charge in [-0.1, -0.05) is 18.1 Å². The van der Waals surface area contributed by atoms with Crippen LogP contribution in [-0.4, -0.2) is 29.0 Å². The van der Waals surface area contributed by atoms with Crippen LogP contribution in [0.3, 0.4) is 0 Å². The molecule has 18 heavy (non-hydrogen) atoms. The molecular formula is C12H17BrFN3O. The van der Waals surface area contributed by atoms with Crippen LogP contribution in [0.2, 0.25) is 0 Å². The summed E-state index contributed by atoms with van der Waals surface area (Å²) in [5, 5.41) is 11.4. The Kier molecular flexibility index (Phi) is 6.07. The third-order valence-electron chi connectivity index (χ3n) is 2.65. The summed E-state index contributed by atoms with van der Waals surface area (Å²) < 4.78 is 13.6. The second-order valence-electron chi connectivity index (χ2n) is 3.96. The molecule has 0 aromatic heterocycles. The van der Waals surface area contributed by atoms with Gasteiger partial charge in [0, 0.05) is 19.5 Å². The highest BCUT2D eigenvalue weighted by Crippen LogP contribution is 2.18. The quantitative estimate of drug-likeness (QED) is 0.367. The lowest BCUT2D eigenvalue weighted by atomic mass is 10.2. The Morgan fingerprint density at radius 1 is 1.56 bits per heavy atom. The first-order valence-corrected chi connectivity index (χ1v) is 6.48. The van der Waals surface area contributed by atoms with Crippen molar-refractivity contribution < 1.29 is 9.60 Å². The van der Waals surface area contributed by atoms with Crippen LogP contribution in [0.1, 0.15) is 18.9 Å². The van der Waals surface area contributed by atoms with Crippen LogP contribution < -0.4 is 5.73 Å². The largest absolute Gasteiger partial charge is 0.409 e. The minimum Gasteiger partial charge on any atom is -0.409 e. The molecule has 0 unspecified atom stereocenters. The van der Waals surface area contributed by atoms with Gasteiger partial charge in [-0.15, -0.1) is 0 Å². The first-order valence-electron chi connectivity index (χ1n) is 5.69. The van der Waals surface area contributed by atoms with E-state index in [1.165, 1.54) is 6.07 Å². The zero-order chi connectivity index (χ0) is 13.5. The van der Waals surface area contributed by atoms with Crippen molar-refractivity contribution in [3.63, 3.8) is 0 Å². The number of nitrogens with zero attached hydrogens (tertiary/aromatic N) is 2. The summed E-state index contributed by atoms with van der Waals surface area (Å²) in [6.45, 7) is 4.27. The maximum atomic E-state index is 13.1. The van der Waals surface area contributed by atoms with E-state index in [9.17, 15) is 4.39 Å². The summed E-state index contributed by atoms with van der Waals surface area (Å²) in [5.74, 6) is -0.0489. The highest BCUT2D eigenvalue weighted by Gasteiger charge is 2.07. The van der Waals surface area contributed by atoms with Crippen molar-refractivity contribution in [1.29, 1.82) is 0 Å². The average Bonchev–Trinajstić information content (AvgIpc) is 2.38. The van der Waals surface area contributed by atoms with Crippen molar-refractivity contribution in [1.82, 2.24) is 4.90 Å². The lowest BCUT2D eigenvalue weighted by molar-refractivity contribution is 0.283. The van der Waals surface area contributed by atoms with E-state index < -0.39 is 0 Å². The fraction of sp³-hybridized carbons (Fsp3) is 0.417. The molecule has 0 heterocycles. The lowest BCUT2D eigenvalue weighted by Gasteiger charge is -2.20. The van der Waals surface area contributed by atoms with E-state index in [4.69, 9.17) is 10.9 Å². The van der Waals surface area contributed by atoms with E-state index in [0.717, 1.165) is 12.1 Å². The van der Waals surface area contributed by atoms with Crippen molar-refractivity contribution in [3.8, 4) is 0 Å². The first-order chi connectivity index (χ1) is 8.56. The second kappa shape index (κ2) is 7.33. The van der Waals surface area contributed by atoms with Gasteiger partial charge in [0.2, 0.25) is 0 Å². The number of rotatable bonds is 6. The molecule has 1 aromatic carbocycles. The Morgan fingerprint density at radius 3 is 2.83 bits per heavy atom. The molecule has 0 radical (unpaired) electrons. The number of hydrogen-bond acceptors (Lipinski definition) is 3. The highest BCUT2D eigenvalue weighted by molar-refractivity contribution is 9.10. The maximum Gasteiger partial charge on any atom is 0.140 e. The second-order valence-corrected chi connectivity index (χ2v) is 4.81. The van der Waals surface area contributed by atoms with E-state index in [1.807, 2.05) is 6.92 Å². The number of halogens is 2. The molecule has 0 saturated carbocycles. The minimum atomic E-state index is -0.265. The average molecular weight is 318 g/mol. The summed E-state index contributed by atoms with van der Waals surface area (Å²) in [5.41, 5.74) is 6.45. The van der Waals surface area contributed by atoms with Crippen molar-refractivity contribution in [2.75, 3.05) is 13.1 Å². The molecular weight excluding hydrogens is 301 g/mol. The molecule has 1 rings (SSSR count). The van der Waals surface area contributed by atoms with Crippen LogP contribution in [0.5, 0.6) is 0 Å². The van der Waals surface area contributed by atoms with Crippen LogP contribution in [0, 0.1) is 5.82 Å². The van der Waals surface area contributed by atoms with Crippen molar-refractivity contribution >= 4 is 21.8 Å². The smallest absolute Gasteiger partial charge is 0.140 e. The highest BCUT2D eigenvalue weighted by atomic mass is 79.9. The fourth-order valence-corrected chi connectivity index (χ4v) is 1.99. The van der Waals surface area contributed by atoms with Crippen LogP contribution in [0.4, 0.5) is 4.39 Å². The number of hydrogen-bond donors (Lipinski definition) is 2. The van der Waals surface area contributed by atoms with Gasteiger partial charge in [-0.25, -0.2) is 4.39 Å². The van der Waals surface area contributed by atoms with E-state index in [2.05, 4.69) is 26.0 Å². The minimum absolute atomic E-state index is 0.216. The molecule has 100 valence electrons. The van der Waals surface area contributed by atoms with Gasteiger partial charge < -0.3 is 10.9 Å². The summed E-state index contributed by atoms with van der Waals surface area (Å²) in [6.07, 6.45) is 0.507. The zero-order valence-corrected chi connectivity index (χ0v) is 11.8. The Balaban J connectivity index is 2.59. The number of oxime groups is 1. The molecule has 0 saturated heterocycles. The standard InChI is InChI=1S/C12H17BrFN3O/c1-2-17(6-5-12(15)16-18)8-9-3-4-11(14)10(13)7-9/h3-4,7,18H,2,5-6,8H2,1H3,(H2,15,16). The zero-order valence-electron chi connectivity index (χ0n) is 10.2. The van der Waals surface area contributed by atoms with Gasteiger partial charge in [-0.3, -0.25) is 4.90 Å². The van der Waals surface area contributed by atoms with Crippen molar-refractivity contribution in [2.45, 2.75) is 19.9 Å². The molecule has 4 nitrogen and oxygen atoms in total. The maximum absolute atomic E-state index is 13.1. The van der Waals surface area contributed by atoms with E-state index in [0.29, 0.717) is 24.0 Å². The number of nitrogens with two attached hydrogens (primary N) is 1. The van der Waals surface area contributed by atoms with E-state index >= 15 is 0 Å². The molecule has 0 fully saturated rings. The van der Waals surface area contributed by atoms with Crippen molar-refractivity contribution in [2.24, 2.45) is 10.9 Å². The van der Waals surface area contributed by atoms with Gasteiger partial charge >= 0.3 is 0 Å². The fourth-order valence-electron chi connectivity index (χ4n) is 1.57. The van der Waals surface area contributed by atoms with Gasteiger partial charge in [-0.05, 0) is 40.2 Å². The van der Waals surface area contributed by atoms with Crippen molar-refractivity contribution in [3.05, 3.63) is 34.1 Å². The molecule has 6 heteroatoms. The third kappa shape index (κ3) is 4.62.